The summed E-state index contributed by atoms with van der Waals surface area (Å²) in [5.74, 6) is 0.442. The third-order valence-corrected chi connectivity index (χ3v) is 3.48. The molecule has 0 saturated heterocycles. The number of nitrogens with two attached hydrogens (primary N) is 1. The lowest BCUT2D eigenvalue weighted by Gasteiger charge is -2.21. The topological polar surface area (TPSA) is 61.5 Å². The van der Waals surface area contributed by atoms with Crippen LogP contribution < -0.4 is 10.5 Å². The van der Waals surface area contributed by atoms with E-state index in [9.17, 15) is 4.79 Å². The zero-order valence-electron chi connectivity index (χ0n) is 13.7. The number of carbonyl (C=O) groups is 1. The molecule has 0 aromatic heterocycles. The molecule has 0 aliphatic rings. The molecule has 4 nitrogen and oxygen atoms in total. The quantitative estimate of drug-likeness (QED) is 0.647. The summed E-state index contributed by atoms with van der Waals surface area (Å²) in [6.07, 6.45) is 1.23. The van der Waals surface area contributed by atoms with Crippen molar-refractivity contribution in [2.24, 2.45) is 5.73 Å². The molecule has 118 valence electrons. The number of methoxy groups -OCH3 is 1. The molecule has 0 amide bonds. The molecule has 0 aliphatic heterocycles. The predicted octanol–water partition coefficient (Wildman–Crippen LogP) is 3.03. The largest absolute Gasteiger partial charge is 0.494 e. The first kappa shape index (κ1) is 17.5. The SMILES string of the molecule is COC(=O)C(C)(N)CCCOc1ccc(C(C)(C)C)cc1. The van der Waals surface area contributed by atoms with Crippen LogP contribution in [0.1, 0.15) is 46.1 Å². The maximum absolute atomic E-state index is 11.4. The summed E-state index contributed by atoms with van der Waals surface area (Å²) >= 11 is 0. The summed E-state index contributed by atoms with van der Waals surface area (Å²) in [6, 6.07) is 8.11. The summed E-state index contributed by atoms with van der Waals surface area (Å²) < 4.78 is 10.3. The summed E-state index contributed by atoms with van der Waals surface area (Å²) in [5.41, 5.74) is 6.35. The van der Waals surface area contributed by atoms with Crippen LogP contribution >= 0.6 is 0 Å². The van der Waals surface area contributed by atoms with E-state index in [0.29, 0.717) is 19.4 Å². The van der Waals surface area contributed by atoms with Crippen molar-refractivity contribution < 1.29 is 14.3 Å². The van der Waals surface area contributed by atoms with Crippen LogP contribution in [-0.4, -0.2) is 25.2 Å². The molecule has 2 N–H and O–H groups in total. The van der Waals surface area contributed by atoms with Gasteiger partial charge in [-0.05, 0) is 42.9 Å². The van der Waals surface area contributed by atoms with Crippen molar-refractivity contribution in [3.8, 4) is 5.75 Å². The van der Waals surface area contributed by atoms with Crippen molar-refractivity contribution >= 4 is 5.97 Å². The van der Waals surface area contributed by atoms with Crippen LogP contribution in [0.5, 0.6) is 5.75 Å². The van der Waals surface area contributed by atoms with E-state index in [4.69, 9.17) is 10.5 Å². The van der Waals surface area contributed by atoms with Gasteiger partial charge >= 0.3 is 5.97 Å². The molecule has 21 heavy (non-hydrogen) atoms. The Bertz CT molecular complexity index is 458. The number of benzene rings is 1. The van der Waals surface area contributed by atoms with Gasteiger partial charge in [-0.15, -0.1) is 0 Å². The van der Waals surface area contributed by atoms with Gasteiger partial charge in [0, 0.05) is 0 Å². The molecule has 4 heteroatoms. The lowest BCUT2D eigenvalue weighted by atomic mass is 9.87. The Hall–Kier alpha value is -1.55. The first-order valence-corrected chi connectivity index (χ1v) is 7.27. The normalized spacial score (nSPS) is 14.4. The third kappa shape index (κ3) is 5.38. The molecule has 0 saturated carbocycles. The number of rotatable bonds is 6. The zero-order valence-corrected chi connectivity index (χ0v) is 13.7. The molecular weight excluding hydrogens is 266 g/mol. The zero-order chi connectivity index (χ0) is 16.1. The van der Waals surface area contributed by atoms with E-state index >= 15 is 0 Å². The summed E-state index contributed by atoms with van der Waals surface area (Å²) in [4.78, 5) is 11.4. The molecule has 0 spiro atoms. The van der Waals surface area contributed by atoms with Crippen molar-refractivity contribution in [3.05, 3.63) is 29.8 Å². The molecule has 0 fully saturated rings. The summed E-state index contributed by atoms with van der Waals surface area (Å²) in [5, 5.41) is 0. The monoisotopic (exact) mass is 293 g/mol. The second-order valence-electron chi connectivity index (χ2n) is 6.64. The average molecular weight is 293 g/mol. The Morgan fingerprint density at radius 3 is 2.19 bits per heavy atom. The van der Waals surface area contributed by atoms with Gasteiger partial charge in [0.25, 0.3) is 0 Å². The fourth-order valence-corrected chi connectivity index (χ4v) is 2.02. The van der Waals surface area contributed by atoms with Gasteiger partial charge in [-0.2, -0.15) is 0 Å². The van der Waals surface area contributed by atoms with Crippen molar-refractivity contribution in [2.75, 3.05) is 13.7 Å². The van der Waals surface area contributed by atoms with Gasteiger partial charge in [-0.25, -0.2) is 0 Å². The van der Waals surface area contributed by atoms with Gasteiger partial charge in [-0.1, -0.05) is 32.9 Å². The number of ether oxygens (including phenoxy) is 2. The van der Waals surface area contributed by atoms with Crippen LogP contribution in [-0.2, 0) is 14.9 Å². The molecule has 1 aromatic rings. The van der Waals surface area contributed by atoms with Gasteiger partial charge in [0.2, 0.25) is 0 Å². The minimum atomic E-state index is -0.950. The second kappa shape index (κ2) is 6.94. The van der Waals surface area contributed by atoms with Gasteiger partial charge in [0.15, 0.2) is 0 Å². The smallest absolute Gasteiger partial charge is 0.325 e. The maximum atomic E-state index is 11.4. The van der Waals surface area contributed by atoms with Crippen molar-refractivity contribution in [1.29, 1.82) is 0 Å². The molecular formula is C17H27NO3. The molecule has 0 heterocycles. The van der Waals surface area contributed by atoms with E-state index in [-0.39, 0.29) is 5.41 Å². The molecule has 1 atom stereocenters. The molecule has 0 aliphatic carbocycles. The van der Waals surface area contributed by atoms with E-state index in [1.165, 1.54) is 12.7 Å². The van der Waals surface area contributed by atoms with Crippen LogP contribution in [0.15, 0.2) is 24.3 Å². The second-order valence-corrected chi connectivity index (χ2v) is 6.64. The Morgan fingerprint density at radius 1 is 1.14 bits per heavy atom. The van der Waals surface area contributed by atoms with Crippen LogP contribution in [0.4, 0.5) is 0 Å². The van der Waals surface area contributed by atoms with Gasteiger partial charge in [-0.3, -0.25) is 4.79 Å². The number of esters is 1. The molecule has 1 rings (SSSR count). The summed E-state index contributed by atoms with van der Waals surface area (Å²) in [7, 11) is 1.35. The van der Waals surface area contributed by atoms with E-state index in [1.54, 1.807) is 6.92 Å². The Labute approximate surface area is 127 Å². The fourth-order valence-electron chi connectivity index (χ4n) is 2.02. The van der Waals surface area contributed by atoms with Crippen molar-refractivity contribution in [1.82, 2.24) is 0 Å². The van der Waals surface area contributed by atoms with Gasteiger partial charge < -0.3 is 15.2 Å². The summed E-state index contributed by atoms with van der Waals surface area (Å²) in [6.45, 7) is 8.74. The van der Waals surface area contributed by atoms with Crippen LogP contribution in [0.2, 0.25) is 0 Å². The van der Waals surface area contributed by atoms with Crippen molar-refractivity contribution in [2.45, 2.75) is 51.5 Å². The number of carbonyl (C=O) groups excluding carboxylic acids is 1. The first-order valence-electron chi connectivity index (χ1n) is 7.27. The Morgan fingerprint density at radius 2 is 1.71 bits per heavy atom. The molecule has 0 bridgehead atoms. The average Bonchev–Trinajstić information content (AvgIpc) is 2.42. The number of hydrogen-bond donors (Lipinski definition) is 1. The van der Waals surface area contributed by atoms with E-state index in [1.807, 2.05) is 12.1 Å². The Balaban J connectivity index is 2.42. The first-order chi connectivity index (χ1) is 9.66. The van der Waals surface area contributed by atoms with E-state index in [0.717, 1.165) is 5.75 Å². The van der Waals surface area contributed by atoms with Crippen LogP contribution in [0, 0.1) is 0 Å². The molecule has 1 unspecified atom stereocenters. The highest BCUT2D eigenvalue weighted by Gasteiger charge is 2.28. The fraction of sp³-hybridized carbons (Fsp3) is 0.588. The molecule has 1 aromatic carbocycles. The highest BCUT2D eigenvalue weighted by molar-refractivity contribution is 5.79. The van der Waals surface area contributed by atoms with Crippen molar-refractivity contribution in [3.63, 3.8) is 0 Å². The van der Waals surface area contributed by atoms with Gasteiger partial charge in [0.05, 0.1) is 13.7 Å². The highest BCUT2D eigenvalue weighted by atomic mass is 16.5. The number of hydrogen-bond acceptors (Lipinski definition) is 4. The minimum Gasteiger partial charge on any atom is -0.494 e. The van der Waals surface area contributed by atoms with Crippen LogP contribution in [0.3, 0.4) is 0 Å². The lowest BCUT2D eigenvalue weighted by molar-refractivity contribution is -0.146. The standard InChI is InChI=1S/C17H27NO3/c1-16(2,3)13-7-9-14(10-8-13)21-12-6-11-17(4,18)15(19)20-5/h7-10H,6,11-12,18H2,1-5H3. The predicted molar refractivity (Wildman–Crippen MR) is 84.5 cm³/mol. The lowest BCUT2D eigenvalue weighted by Crippen LogP contribution is -2.45. The maximum Gasteiger partial charge on any atom is 0.325 e. The Kier molecular flexibility index (Phi) is 5.78. The van der Waals surface area contributed by atoms with Gasteiger partial charge in [0.1, 0.15) is 11.3 Å². The highest BCUT2D eigenvalue weighted by Crippen LogP contribution is 2.24. The minimum absolute atomic E-state index is 0.139. The third-order valence-electron chi connectivity index (χ3n) is 3.48. The molecule has 0 radical (unpaired) electrons. The van der Waals surface area contributed by atoms with E-state index < -0.39 is 11.5 Å². The van der Waals surface area contributed by atoms with Crippen LogP contribution in [0.25, 0.3) is 0 Å². The van der Waals surface area contributed by atoms with E-state index in [2.05, 4.69) is 37.6 Å².